The van der Waals surface area contributed by atoms with Gasteiger partial charge in [-0.25, -0.2) is 9.97 Å². The van der Waals surface area contributed by atoms with E-state index in [1.165, 1.54) is 5.56 Å². The number of nitrogens with zero attached hydrogens (tertiary/aromatic N) is 4. The molecule has 26 heavy (non-hydrogen) atoms. The fourth-order valence-corrected chi connectivity index (χ4v) is 3.22. The Hall–Kier alpha value is -2.47. The number of benzene rings is 1. The summed E-state index contributed by atoms with van der Waals surface area (Å²) in [6, 6.07) is 10.1. The number of aryl methyl sites for hydroxylation is 2. The molecule has 0 saturated carbocycles. The van der Waals surface area contributed by atoms with Crippen LogP contribution in [0, 0.1) is 6.92 Å². The fourth-order valence-electron chi connectivity index (χ4n) is 3.22. The van der Waals surface area contributed by atoms with E-state index < -0.39 is 0 Å². The van der Waals surface area contributed by atoms with Gasteiger partial charge in [0.15, 0.2) is 0 Å². The van der Waals surface area contributed by atoms with Gasteiger partial charge in [-0.05, 0) is 64.5 Å². The number of nitrogens with one attached hydrogen (secondary N) is 1. The Morgan fingerprint density at radius 2 is 2.08 bits per heavy atom. The van der Waals surface area contributed by atoms with Crippen LogP contribution in [0.25, 0.3) is 0 Å². The molecule has 0 unspecified atom stereocenters. The van der Waals surface area contributed by atoms with Crippen molar-refractivity contribution in [1.82, 2.24) is 20.2 Å². The minimum atomic E-state index is -0.138. The number of amides is 1. The quantitative estimate of drug-likeness (QED) is 0.809. The summed E-state index contributed by atoms with van der Waals surface area (Å²) in [5.74, 6) is 0.469. The highest BCUT2D eigenvalue weighted by Gasteiger charge is 2.21. The zero-order valence-corrected chi connectivity index (χ0v) is 15.8. The van der Waals surface area contributed by atoms with Crippen molar-refractivity contribution in [3.63, 3.8) is 0 Å². The molecule has 1 aliphatic heterocycles. The Labute approximate surface area is 155 Å². The molecule has 3 rings (SSSR count). The van der Waals surface area contributed by atoms with E-state index in [1.54, 1.807) is 6.07 Å². The van der Waals surface area contributed by atoms with Crippen LogP contribution in [0.3, 0.4) is 0 Å². The fraction of sp³-hybridized carbons (Fsp3) is 0.450. The maximum atomic E-state index is 12.5. The van der Waals surface area contributed by atoms with Crippen LogP contribution in [0.4, 0.5) is 11.6 Å². The summed E-state index contributed by atoms with van der Waals surface area (Å²) >= 11 is 0. The molecule has 1 amide bonds. The molecule has 6 heteroatoms. The van der Waals surface area contributed by atoms with Crippen LogP contribution in [0.1, 0.15) is 34.6 Å². The Morgan fingerprint density at radius 3 is 2.88 bits per heavy atom. The molecular formula is C20H27N5O. The predicted octanol–water partition coefficient (Wildman–Crippen LogP) is 2.55. The van der Waals surface area contributed by atoms with E-state index in [9.17, 15) is 4.79 Å². The largest absolute Gasteiger partial charge is 0.351 e. The van der Waals surface area contributed by atoms with E-state index in [2.05, 4.69) is 43.3 Å². The molecule has 6 nitrogen and oxygen atoms in total. The van der Waals surface area contributed by atoms with Crippen molar-refractivity contribution in [2.75, 3.05) is 38.6 Å². The lowest BCUT2D eigenvalue weighted by Crippen LogP contribution is -2.30. The van der Waals surface area contributed by atoms with Gasteiger partial charge >= 0.3 is 0 Å². The van der Waals surface area contributed by atoms with Gasteiger partial charge in [-0.1, -0.05) is 18.2 Å². The summed E-state index contributed by atoms with van der Waals surface area (Å²) in [6.07, 6.45) is 3.03. The highest BCUT2D eigenvalue weighted by Crippen LogP contribution is 2.31. The van der Waals surface area contributed by atoms with Crippen LogP contribution in [-0.2, 0) is 6.42 Å². The maximum Gasteiger partial charge on any atom is 0.270 e. The zero-order chi connectivity index (χ0) is 18.5. The maximum absolute atomic E-state index is 12.5. The van der Waals surface area contributed by atoms with E-state index in [1.807, 2.05) is 27.1 Å². The van der Waals surface area contributed by atoms with Crippen LogP contribution in [0.15, 0.2) is 30.3 Å². The standard InChI is InChI=1S/C20H27N5O/c1-15-14-17(19(26)21-11-7-12-24(2)3)23-20(22-15)25-13-6-9-16-8-4-5-10-18(16)25/h4-5,8,10,14H,6-7,9,11-13H2,1-3H3,(H,21,26). The van der Waals surface area contributed by atoms with E-state index in [0.29, 0.717) is 18.2 Å². The molecule has 1 aromatic heterocycles. The second kappa shape index (κ2) is 8.27. The number of fused-ring (bicyclic) bond motifs is 1. The molecule has 1 aliphatic rings. The third kappa shape index (κ3) is 4.38. The monoisotopic (exact) mass is 353 g/mol. The summed E-state index contributed by atoms with van der Waals surface area (Å²) in [5, 5.41) is 2.96. The van der Waals surface area contributed by atoms with E-state index >= 15 is 0 Å². The van der Waals surface area contributed by atoms with E-state index in [0.717, 1.165) is 43.7 Å². The Balaban J connectivity index is 1.77. The minimum absolute atomic E-state index is 0.138. The number of hydrogen-bond acceptors (Lipinski definition) is 5. The van der Waals surface area contributed by atoms with Crippen LogP contribution in [0.2, 0.25) is 0 Å². The van der Waals surface area contributed by atoms with Gasteiger partial charge in [-0.15, -0.1) is 0 Å². The number of para-hydroxylation sites is 1. The number of anilines is 2. The Morgan fingerprint density at radius 1 is 1.27 bits per heavy atom. The predicted molar refractivity (Wildman–Crippen MR) is 104 cm³/mol. The molecule has 0 fully saturated rings. The lowest BCUT2D eigenvalue weighted by Gasteiger charge is -2.29. The van der Waals surface area contributed by atoms with Crippen molar-refractivity contribution < 1.29 is 4.79 Å². The highest BCUT2D eigenvalue weighted by molar-refractivity contribution is 5.92. The van der Waals surface area contributed by atoms with E-state index in [4.69, 9.17) is 0 Å². The zero-order valence-electron chi connectivity index (χ0n) is 15.8. The second-order valence-electron chi connectivity index (χ2n) is 6.99. The first-order valence-electron chi connectivity index (χ1n) is 9.18. The van der Waals surface area contributed by atoms with Crippen LogP contribution in [0.5, 0.6) is 0 Å². The molecule has 0 saturated heterocycles. The molecule has 0 atom stereocenters. The molecule has 0 radical (unpaired) electrons. The summed E-state index contributed by atoms with van der Waals surface area (Å²) in [4.78, 5) is 25.9. The van der Waals surface area contributed by atoms with Crippen molar-refractivity contribution in [3.8, 4) is 0 Å². The summed E-state index contributed by atoms with van der Waals surface area (Å²) in [6.45, 7) is 4.36. The highest BCUT2D eigenvalue weighted by atomic mass is 16.1. The number of hydrogen-bond donors (Lipinski definition) is 1. The van der Waals surface area contributed by atoms with Gasteiger partial charge in [-0.2, -0.15) is 0 Å². The first-order valence-corrected chi connectivity index (χ1v) is 9.18. The average Bonchev–Trinajstić information content (AvgIpc) is 2.64. The van der Waals surface area contributed by atoms with Crippen molar-refractivity contribution >= 4 is 17.5 Å². The van der Waals surface area contributed by atoms with Gasteiger partial charge in [0.05, 0.1) is 0 Å². The number of carbonyl (C=O) groups is 1. The SMILES string of the molecule is Cc1cc(C(=O)NCCCN(C)C)nc(N2CCCc3ccccc32)n1. The Kier molecular flexibility index (Phi) is 5.83. The van der Waals surface area contributed by atoms with Gasteiger partial charge in [0.25, 0.3) is 5.91 Å². The van der Waals surface area contributed by atoms with Crippen molar-refractivity contribution in [3.05, 3.63) is 47.3 Å². The van der Waals surface area contributed by atoms with Crippen molar-refractivity contribution in [2.24, 2.45) is 0 Å². The molecule has 138 valence electrons. The van der Waals surface area contributed by atoms with Crippen LogP contribution < -0.4 is 10.2 Å². The summed E-state index contributed by atoms with van der Waals surface area (Å²) in [5.41, 5.74) is 3.68. The van der Waals surface area contributed by atoms with E-state index in [-0.39, 0.29) is 5.91 Å². The average molecular weight is 353 g/mol. The number of aromatic nitrogens is 2. The Bertz CT molecular complexity index is 775. The van der Waals surface area contributed by atoms with Gasteiger partial charge in [0.1, 0.15) is 5.69 Å². The summed E-state index contributed by atoms with van der Waals surface area (Å²) in [7, 11) is 4.05. The molecule has 1 N–H and O–H groups in total. The van der Waals surface area contributed by atoms with Crippen molar-refractivity contribution in [1.29, 1.82) is 0 Å². The summed E-state index contributed by atoms with van der Waals surface area (Å²) < 4.78 is 0. The first-order chi connectivity index (χ1) is 12.5. The molecule has 0 bridgehead atoms. The van der Waals surface area contributed by atoms with Gasteiger partial charge in [0, 0.05) is 24.5 Å². The number of carbonyl (C=O) groups excluding carboxylic acids is 1. The molecular weight excluding hydrogens is 326 g/mol. The molecule has 2 aromatic rings. The minimum Gasteiger partial charge on any atom is -0.351 e. The van der Waals surface area contributed by atoms with Gasteiger partial charge < -0.3 is 15.1 Å². The topological polar surface area (TPSA) is 61.4 Å². The smallest absolute Gasteiger partial charge is 0.270 e. The molecule has 0 aliphatic carbocycles. The third-order valence-corrected chi connectivity index (χ3v) is 4.49. The lowest BCUT2D eigenvalue weighted by molar-refractivity contribution is 0.0947. The lowest BCUT2D eigenvalue weighted by atomic mass is 10.0. The number of rotatable bonds is 6. The first kappa shape index (κ1) is 18.3. The third-order valence-electron chi connectivity index (χ3n) is 4.49. The molecule has 0 spiro atoms. The molecule has 2 heterocycles. The van der Waals surface area contributed by atoms with Gasteiger partial charge in [0.2, 0.25) is 5.95 Å². The normalized spacial score (nSPS) is 13.6. The van der Waals surface area contributed by atoms with Crippen molar-refractivity contribution in [2.45, 2.75) is 26.2 Å². The molecule has 1 aromatic carbocycles. The van der Waals surface area contributed by atoms with Crippen LogP contribution >= 0.6 is 0 Å². The second-order valence-corrected chi connectivity index (χ2v) is 6.99. The van der Waals surface area contributed by atoms with Gasteiger partial charge in [-0.3, -0.25) is 4.79 Å². The van der Waals surface area contributed by atoms with Crippen LogP contribution in [-0.4, -0.2) is 54.5 Å².